The summed E-state index contributed by atoms with van der Waals surface area (Å²) in [5, 5.41) is 5.39. The van der Waals surface area contributed by atoms with Crippen LogP contribution < -0.4 is 15.2 Å². The van der Waals surface area contributed by atoms with E-state index in [9.17, 15) is 0 Å². The Morgan fingerprint density at radius 2 is 1.70 bits per heavy atom. The molecule has 0 fully saturated rings. The summed E-state index contributed by atoms with van der Waals surface area (Å²) in [6.45, 7) is 12.7. The first-order valence-corrected chi connectivity index (χ1v) is 15.4. The maximum Gasteiger partial charge on any atom is 0.226 e. The molecule has 0 saturated heterocycles. The summed E-state index contributed by atoms with van der Waals surface area (Å²) < 4.78 is 19.8. The van der Waals surface area contributed by atoms with E-state index in [2.05, 4.69) is 61.1 Å². The van der Waals surface area contributed by atoms with Crippen molar-refractivity contribution in [3.05, 3.63) is 70.6 Å². The first-order valence-electron chi connectivity index (χ1n) is 12.1. The second kappa shape index (κ2) is 10.7. The molecule has 0 aliphatic carbocycles. The smallest absolute Gasteiger partial charge is 0.226 e. The molecular weight excluding hydrogens is 506 g/mol. The second-order valence-electron chi connectivity index (χ2n) is 10.6. The molecule has 37 heavy (non-hydrogen) atoms. The van der Waals surface area contributed by atoms with Gasteiger partial charge in [-0.3, -0.25) is 4.68 Å². The van der Waals surface area contributed by atoms with Gasteiger partial charge in [0.2, 0.25) is 5.28 Å². The molecule has 2 aromatic carbocycles. The lowest BCUT2D eigenvalue weighted by Crippen LogP contribution is -2.40. The third kappa shape index (κ3) is 6.60. The highest BCUT2D eigenvalue weighted by atomic mass is 35.5. The minimum absolute atomic E-state index is 0.0756. The number of nitrogens with two attached hydrogens (primary N) is 1. The first kappa shape index (κ1) is 26.9. The molecule has 0 aliphatic heterocycles. The number of halogens is 1. The first-order chi connectivity index (χ1) is 17.4. The molecular formula is C27H34ClN5O3Si. The molecule has 0 aliphatic rings. The molecule has 4 rings (SSSR count). The predicted molar refractivity (Wildman–Crippen MR) is 150 cm³/mol. The SMILES string of the molecule is COc1cc(COc2cccc(CO[Si](C)(C)C(C)(C)C)c2)cc(Cn2cc3c(N)nc(Cl)nc3n2)c1. The molecule has 0 bridgehead atoms. The zero-order valence-corrected chi connectivity index (χ0v) is 24.0. The zero-order chi connectivity index (χ0) is 26.8. The fourth-order valence-electron chi connectivity index (χ4n) is 3.61. The van der Waals surface area contributed by atoms with Gasteiger partial charge in [0.1, 0.15) is 23.9 Å². The monoisotopic (exact) mass is 539 g/mol. The predicted octanol–water partition coefficient (Wildman–Crippen LogP) is 6.22. The van der Waals surface area contributed by atoms with Crippen molar-refractivity contribution in [2.75, 3.05) is 12.8 Å². The molecule has 10 heteroatoms. The molecule has 0 saturated carbocycles. The van der Waals surface area contributed by atoms with Crippen molar-refractivity contribution in [1.29, 1.82) is 0 Å². The number of hydrogen-bond donors (Lipinski definition) is 1. The Morgan fingerprint density at radius 1 is 0.973 bits per heavy atom. The van der Waals surface area contributed by atoms with Crippen LogP contribution in [-0.2, 0) is 24.2 Å². The van der Waals surface area contributed by atoms with E-state index in [1.165, 1.54) is 0 Å². The highest BCUT2D eigenvalue weighted by molar-refractivity contribution is 6.74. The second-order valence-corrected chi connectivity index (χ2v) is 15.8. The lowest BCUT2D eigenvalue weighted by atomic mass is 10.1. The molecule has 2 N–H and O–H groups in total. The molecule has 4 aromatic rings. The van der Waals surface area contributed by atoms with Crippen LogP contribution in [-0.4, -0.2) is 35.2 Å². The Bertz CT molecular complexity index is 1400. The van der Waals surface area contributed by atoms with Gasteiger partial charge in [-0.15, -0.1) is 0 Å². The highest BCUT2D eigenvalue weighted by Gasteiger charge is 2.37. The van der Waals surface area contributed by atoms with Gasteiger partial charge < -0.3 is 19.6 Å². The molecule has 196 valence electrons. The Labute approximate surface area is 223 Å². The summed E-state index contributed by atoms with van der Waals surface area (Å²) in [6, 6.07) is 14.1. The third-order valence-electron chi connectivity index (χ3n) is 6.75. The Hall–Kier alpha value is -3.14. The van der Waals surface area contributed by atoms with Gasteiger partial charge in [-0.25, -0.2) is 4.98 Å². The quantitative estimate of drug-likeness (QED) is 0.199. The number of nitrogens with zero attached hydrogens (tertiary/aromatic N) is 4. The molecule has 0 radical (unpaired) electrons. The van der Waals surface area contributed by atoms with Crippen LogP contribution in [0.25, 0.3) is 11.0 Å². The maximum absolute atomic E-state index is 6.37. The van der Waals surface area contributed by atoms with Crippen LogP contribution in [0.3, 0.4) is 0 Å². The maximum atomic E-state index is 6.37. The minimum atomic E-state index is -1.83. The van der Waals surface area contributed by atoms with E-state index in [4.69, 9.17) is 31.2 Å². The summed E-state index contributed by atoms with van der Waals surface area (Å²) in [4.78, 5) is 8.14. The lowest BCUT2D eigenvalue weighted by molar-refractivity contribution is 0.273. The van der Waals surface area contributed by atoms with Crippen LogP contribution >= 0.6 is 11.6 Å². The Balaban J connectivity index is 1.46. The third-order valence-corrected chi connectivity index (χ3v) is 11.4. The van der Waals surface area contributed by atoms with Crippen LogP contribution in [0.15, 0.2) is 48.7 Å². The van der Waals surface area contributed by atoms with Gasteiger partial charge in [-0.1, -0.05) is 39.0 Å². The number of hydrogen-bond acceptors (Lipinski definition) is 7. The van der Waals surface area contributed by atoms with Crippen LogP contribution in [0.5, 0.6) is 11.5 Å². The highest BCUT2D eigenvalue weighted by Crippen LogP contribution is 2.37. The lowest BCUT2D eigenvalue weighted by Gasteiger charge is -2.36. The Kier molecular flexibility index (Phi) is 7.77. The molecule has 8 nitrogen and oxygen atoms in total. The van der Waals surface area contributed by atoms with Gasteiger partial charge in [0.05, 0.1) is 25.6 Å². The van der Waals surface area contributed by atoms with Crippen LogP contribution in [0.2, 0.25) is 23.4 Å². The molecule has 2 aromatic heterocycles. The van der Waals surface area contributed by atoms with Gasteiger partial charge in [0.25, 0.3) is 0 Å². The van der Waals surface area contributed by atoms with Crippen molar-refractivity contribution in [2.45, 2.75) is 58.7 Å². The molecule has 0 amide bonds. The normalized spacial score (nSPS) is 12.2. The summed E-state index contributed by atoms with van der Waals surface area (Å²) in [7, 11) is -0.176. The van der Waals surface area contributed by atoms with Crippen molar-refractivity contribution in [3.8, 4) is 11.5 Å². The number of aromatic nitrogens is 4. The van der Waals surface area contributed by atoms with E-state index < -0.39 is 8.32 Å². The van der Waals surface area contributed by atoms with Gasteiger partial charge >= 0.3 is 0 Å². The van der Waals surface area contributed by atoms with E-state index in [0.29, 0.717) is 36.6 Å². The van der Waals surface area contributed by atoms with E-state index >= 15 is 0 Å². The van der Waals surface area contributed by atoms with Crippen molar-refractivity contribution >= 4 is 36.8 Å². The van der Waals surface area contributed by atoms with Crippen LogP contribution in [0, 0.1) is 0 Å². The number of nitrogen functional groups attached to an aromatic ring is 1. The summed E-state index contributed by atoms with van der Waals surface area (Å²) in [5.74, 6) is 1.84. The van der Waals surface area contributed by atoms with E-state index in [1.54, 1.807) is 11.8 Å². The minimum Gasteiger partial charge on any atom is -0.497 e. The van der Waals surface area contributed by atoms with Crippen molar-refractivity contribution in [3.63, 3.8) is 0 Å². The summed E-state index contributed by atoms with van der Waals surface area (Å²) >= 11 is 5.92. The van der Waals surface area contributed by atoms with Crippen molar-refractivity contribution in [1.82, 2.24) is 19.7 Å². The van der Waals surface area contributed by atoms with Gasteiger partial charge in [-0.2, -0.15) is 10.1 Å². The number of rotatable bonds is 9. The standard InChI is InChI=1S/C27H34ClN5O3Si/c1-27(2,3)37(5,6)36-17-18-8-7-9-21(11-18)35-16-20-10-19(12-22(13-20)34-4)14-33-15-23-24(29)30-26(28)31-25(23)32-33/h7-13,15H,14,16-17H2,1-6H3,(H2,29,30,31,32). The molecule has 0 unspecified atom stereocenters. The fourth-order valence-corrected chi connectivity index (χ4v) is 4.74. The zero-order valence-electron chi connectivity index (χ0n) is 22.2. The van der Waals surface area contributed by atoms with Crippen LogP contribution in [0.1, 0.15) is 37.5 Å². The van der Waals surface area contributed by atoms with Gasteiger partial charge in [-0.05, 0) is 70.7 Å². The topological polar surface area (TPSA) is 97.3 Å². The summed E-state index contributed by atoms with van der Waals surface area (Å²) in [6.07, 6.45) is 1.81. The van der Waals surface area contributed by atoms with Crippen molar-refractivity contribution < 1.29 is 13.9 Å². The number of methoxy groups -OCH3 is 1. The average molecular weight is 540 g/mol. The van der Waals surface area contributed by atoms with E-state index in [-0.39, 0.29) is 10.3 Å². The van der Waals surface area contributed by atoms with Crippen LogP contribution in [0.4, 0.5) is 5.82 Å². The number of benzene rings is 2. The number of fused-ring (bicyclic) bond motifs is 1. The number of ether oxygens (including phenoxy) is 2. The van der Waals surface area contributed by atoms with E-state index in [1.807, 2.05) is 36.5 Å². The molecule has 2 heterocycles. The summed E-state index contributed by atoms with van der Waals surface area (Å²) in [5.41, 5.74) is 9.51. The largest absolute Gasteiger partial charge is 0.497 e. The van der Waals surface area contributed by atoms with Gasteiger partial charge in [0.15, 0.2) is 14.0 Å². The molecule has 0 spiro atoms. The average Bonchev–Trinajstić information content (AvgIpc) is 3.23. The fraction of sp³-hybridized carbons (Fsp3) is 0.370. The van der Waals surface area contributed by atoms with E-state index in [0.717, 1.165) is 28.2 Å². The number of anilines is 1. The van der Waals surface area contributed by atoms with Crippen molar-refractivity contribution in [2.24, 2.45) is 0 Å². The Morgan fingerprint density at radius 3 is 2.43 bits per heavy atom. The van der Waals surface area contributed by atoms with Gasteiger partial charge in [0, 0.05) is 6.20 Å². The molecule has 0 atom stereocenters.